The largest absolute Gasteiger partial charge is 0.508 e. The van der Waals surface area contributed by atoms with Crippen LogP contribution in [0.2, 0.25) is 0 Å². The monoisotopic (exact) mass is 600 g/mol. The van der Waals surface area contributed by atoms with Gasteiger partial charge in [0.25, 0.3) is 0 Å². The minimum atomic E-state index is -2.04. The number of hydrogen-bond donors (Lipinski definition) is 2. The lowest BCUT2D eigenvalue weighted by Crippen LogP contribution is -2.80. The van der Waals surface area contributed by atoms with Gasteiger partial charge in [-0.1, -0.05) is 45.9 Å². The molecule has 0 aromatic heterocycles. The molecule has 234 valence electrons. The summed E-state index contributed by atoms with van der Waals surface area (Å²) in [5.41, 5.74) is -5.64. The number of Topliss-reactive ketones (excluding diaryl/α,β-unsaturated/α-hetero) is 1. The van der Waals surface area contributed by atoms with E-state index in [1.165, 1.54) is 6.92 Å². The Hall–Kier alpha value is -3.28. The van der Waals surface area contributed by atoms with E-state index in [4.69, 9.17) is 23.7 Å². The molecule has 1 aromatic carbocycles. The molecule has 0 amide bonds. The molecule has 1 heterocycles. The van der Waals surface area contributed by atoms with Gasteiger partial charge in [-0.25, -0.2) is 9.59 Å². The Kier molecular flexibility index (Phi) is 7.55. The molecular weight excluding hydrogens is 560 g/mol. The molecule has 1 saturated heterocycles. The van der Waals surface area contributed by atoms with Crippen LogP contribution in [0, 0.1) is 22.7 Å². The van der Waals surface area contributed by atoms with Crippen LogP contribution in [-0.2, 0) is 33.3 Å². The molecule has 2 N–H and O–H groups in total. The quantitative estimate of drug-likeness (QED) is 0.297. The molecule has 11 nitrogen and oxygen atoms in total. The van der Waals surface area contributed by atoms with E-state index in [0.717, 1.165) is 7.11 Å². The molecule has 3 aliphatic carbocycles. The first-order chi connectivity index (χ1) is 20.1. The number of benzene rings is 1. The van der Waals surface area contributed by atoms with Crippen molar-refractivity contribution in [2.24, 2.45) is 22.7 Å². The van der Waals surface area contributed by atoms with Crippen molar-refractivity contribution < 1.29 is 53.1 Å². The molecule has 11 heteroatoms. The van der Waals surface area contributed by atoms with E-state index in [2.05, 4.69) is 0 Å². The summed E-state index contributed by atoms with van der Waals surface area (Å²) < 4.78 is 28.8. The Morgan fingerprint density at radius 3 is 2.28 bits per heavy atom. The van der Waals surface area contributed by atoms with Gasteiger partial charge in [-0.2, -0.15) is 0 Å². The zero-order chi connectivity index (χ0) is 31.7. The normalized spacial score (nSPS) is 39.6. The minimum absolute atomic E-state index is 0.161. The highest BCUT2D eigenvalue weighted by Crippen LogP contribution is 2.65. The number of ether oxygens (including phenoxy) is 5. The molecule has 1 aliphatic heterocycles. The summed E-state index contributed by atoms with van der Waals surface area (Å²) in [4.78, 5) is 54.0. The summed E-state index contributed by atoms with van der Waals surface area (Å²) in [7, 11) is 1.15. The molecule has 1 aromatic rings. The fourth-order valence-electron chi connectivity index (χ4n) is 8.13. The molecule has 43 heavy (non-hydrogen) atoms. The van der Waals surface area contributed by atoms with Gasteiger partial charge in [-0.05, 0) is 42.5 Å². The fourth-order valence-corrected chi connectivity index (χ4v) is 8.13. The van der Waals surface area contributed by atoms with Crippen LogP contribution in [0.4, 0.5) is 4.79 Å². The fraction of sp³-hybridized carbons (Fsp3) is 0.625. The maximum atomic E-state index is 15.0. The number of fused-ring (bicyclic) bond motifs is 5. The van der Waals surface area contributed by atoms with Crippen molar-refractivity contribution >= 4 is 23.9 Å². The Balaban J connectivity index is 1.84. The van der Waals surface area contributed by atoms with E-state index in [0.29, 0.717) is 5.57 Å². The first-order valence-electron chi connectivity index (χ1n) is 14.5. The standard InChI is InChI=1S/C32H40O11/c1-16-13-21-31(15-40-21,43-28(37)39-7)24-26(42-27(36)19-11-9-8-10-12-19)32(38)14-20(34)17(2)22(29(32,4)5)23(41-18(3)33)25(35)30(16,24)6/h8-12,16,20-21,23-24,26,34,38H,13-15H2,1-7H3/t16-,20-,21+,23+,24-,26-,30+,31-,32+/m0/s1. The van der Waals surface area contributed by atoms with Gasteiger partial charge in [0.1, 0.15) is 17.8 Å². The lowest BCUT2D eigenvalue weighted by atomic mass is 9.43. The van der Waals surface area contributed by atoms with E-state index in [-0.39, 0.29) is 30.6 Å². The molecule has 0 radical (unpaired) electrons. The van der Waals surface area contributed by atoms with Crippen molar-refractivity contribution in [1.82, 2.24) is 0 Å². The number of hydrogen-bond acceptors (Lipinski definition) is 11. The second kappa shape index (κ2) is 10.4. The minimum Gasteiger partial charge on any atom is -0.455 e. The number of rotatable bonds is 4. The zero-order valence-corrected chi connectivity index (χ0v) is 25.5. The molecule has 5 rings (SSSR count). The van der Waals surface area contributed by atoms with Crippen LogP contribution in [0.15, 0.2) is 41.5 Å². The number of methoxy groups -OCH3 is 1. The van der Waals surface area contributed by atoms with Gasteiger partial charge in [0.05, 0.1) is 31.3 Å². The lowest BCUT2D eigenvalue weighted by Gasteiger charge is -2.67. The van der Waals surface area contributed by atoms with Crippen LogP contribution in [0.3, 0.4) is 0 Å². The number of ketones is 1. The number of carbonyl (C=O) groups is 4. The van der Waals surface area contributed by atoms with Crippen molar-refractivity contribution in [2.75, 3.05) is 13.7 Å². The summed E-state index contributed by atoms with van der Waals surface area (Å²) in [6.07, 6.45) is -5.98. The third-order valence-corrected chi connectivity index (χ3v) is 10.8. The highest BCUT2D eigenvalue weighted by atomic mass is 16.8. The van der Waals surface area contributed by atoms with Gasteiger partial charge in [0.2, 0.25) is 0 Å². The molecular formula is C32H40O11. The topological polar surface area (TPSA) is 155 Å². The van der Waals surface area contributed by atoms with Crippen LogP contribution in [0.5, 0.6) is 0 Å². The van der Waals surface area contributed by atoms with Crippen molar-refractivity contribution in [3.8, 4) is 0 Å². The van der Waals surface area contributed by atoms with Crippen LogP contribution in [0.25, 0.3) is 0 Å². The third-order valence-electron chi connectivity index (χ3n) is 10.8. The molecule has 4 aliphatic rings. The van der Waals surface area contributed by atoms with Crippen LogP contribution in [-0.4, -0.2) is 83.4 Å². The summed E-state index contributed by atoms with van der Waals surface area (Å²) in [5.74, 6) is -3.68. The Labute approximate surface area is 250 Å². The number of esters is 2. The highest BCUT2D eigenvalue weighted by molar-refractivity contribution is 5.95. The van der Waals surface area contributed by atoms with Crippen molar-refractivity contribution in [2.45, 2.75) is 90.0 Å². The summed E-state index contributed by atoms with van der Waals surface area (Å²) in [5, 5.41) is 24.3. The molecule has 0 unspecified atom stereocenters. The van der Waals surface area contributed by atoms with Gasteiger partial charge in [0.15, 0.2) is 17.5 Å². The summed E-state index contributed by atoms with van der Waals surface area (Å²) >= 11 is 0. The van der Waals surface area contributed by atoms with Crippen LogP contribution < -0.4 is 0 Å². The predicted molar refractivity (Wildman–Crippen MR) is 150 cm³/mol. The number of aliphatic hydroxyl groups excluding tert-OH is 1. The first-order valence-corrected chi connectivity index (χ1v) is 14.5. The van der Waals surface area contributed by atoms with Gasteiger partial charge >= 0.3 is 18.1 Å². The number of carbonyl (C=O) groups excluding carboxylic acids is 4. The second-order valence-electron chi connectivity index (χ2n) is 13.1. The van der Waals surface area contributed by atoms with Crippen LogP contribution in [0.1, 0.15) is 64.7 Å². The molecule has 9 atom stereocenters. The summed E-state index contributed by atoms with van der Waals surface area (Å²) in [6, 6.07) is 8.20. The number of aliphatic hydroxyl groups is 2. The molecule has 2 saturated carbocycles. The second-order valence-corrected chi connectivity index (χ2v) is 13.1. The van der Waals surface area contributed by atoms with E-state index in [1.54, 1.807) is 58.0 Å². The van der Waals surface area contributed by atoms with Crippen molar-refractivity contribution in [3.05, 3.63) is 47.0 Å². The Morgan fingerprint density at radius 2 is 1.72 bits per heavy atom. The molecule has 0 spiro atoms. The molecule has 3 fully saturated rings. The van der Waals surface area contributed by atoms with E-state index >= 15 is 0 Å². The lowest BCUT2D eigenvalue weighted by molar-refractivity contribution is -0.338. The zero-order valence-electron chi connectivity index (χ0n) is 25.5. The highest BCUT2D eigenvalue weighted by Gasteiger charge is 2.77. The van der Waals surface area contributed by atoms with Crippen LogP contribution >= 0.6 is 0 Å². The van der Waals surface area contributed by atoms with Crippen molar-refractivity contribution in [3.63, 3.8) is 0 Å². The van der Waals surface area contributed by atoms with Gasteiger partial charge in [0, 0.05) is 24.2 Å². The third kappa shape index (κ3) is 4.34. The van der Waals surface area contributed by atoms with Gasteiger partial charge in [-0.15, -0.1) is 0 Å². The van der Waals surface area contributed by atoms with E-state index in [9.17, 15) is 29.4 Å². The van der Waals surface area contributed by atoms with E-state index < -0.39 is 82.2 Å². The SMILES string of the molecule is COC(=O)O[C@@]12CO[C@@H]1C[C@H](C)[C@@]1(C)C(=O)[C@H](OC(C)=O)C3=C(C)[C@@H](O)C[C@@](O)([C@@H](OC(=O)c4ccccc4)[C@H]21)C3(C)C. The van der Waals surface area contributed by atoms with Gasteiger partial charge < -0.3 is 33.9 Å². The van der Waals surface area contributed by atoms with Gasteiger partial charge in [-0.3, -0.25) is 9.59 Å². The van der Waals surface area contributed by atoms with E-state index in [1.807, 2.05) is 6.92 Å². The molecule has 2 bridgehead atoms. The summed E-state index contributed by atoms with van der Waals surface area (Å²) in [6.45, 7) is 9.51. The predicted octanol–water partition coefficient (Wildman–Crippen LogP) is 3.15. The average molecular weight is 601 g/mol. The maximum Gasteiger partial charge on any atom is 0.508 e. The smallest absolute Gasteiger partial charge is 0.455 e. The van der Waals surface area contributed by atoms with Crippen molar-refractivity contribution in [1.29, 1.82) is 0 Å². The first kappa shape index (κ1) is 31.2. The Bertz CT molecular complexity index is 1370. The maximum absolute atomic E-state index is 15.0. The average Bonchev–Trinajstić information content (AvgIpc) is 2.95. The Morgan fingerprint density at radius 1 is 1.07 bits per heavy atom.